The smallest absolute Gasteiger partial charge is 0.248 e. The molecular weight excluding hydrogens is 204 g/mol. The zero-order chi connectivity index (χ0) is 12.0. The van der Waals surface area contributed by atoms with E-state index in [2.05, 4.69) is 5.32 Å². The zero-order valence-electron chi connectivity index (χ0n) is 10.4. The summed E-state index contributed by atoms with van der Waals surface area (Å²) in [5.74, 6) is -0.0281. The van der Waals surface area contributed by atoms with Crippen molar-refractivity contribution in [2.24, 2.45) is 5.73 Å². The lowest BCUT2D eigenvalue weighted by Gasteiger charge is -2.30. The van der Waals surface area contributed by atoms with Gasteiger partial charge in [0.1, 0.15) is 6.10 Å². The summed E-state index contributed by atoms with van der Waals surface area (Å²) in [5.41, 5.74) is 5.97. The second-order valence-corrected chi connectivity index (χ2v) is 4.56. The summed E-state index contributed by atoms with van der Waals surface area (Å²) >= 11 is 0. The van der Waals surface area contributed by atoms with Crippen LogP contribution in [0.2, 0.25) is 0 Å². The van der Waals surface area contributed by atoms with Crippen LogP contribution >= 0.6 is 0 Å². The van der Waals surface area contributed by atoms with Crippen molar-refractivity contribution in [3.63, 3.8) is 0 Å². The molecule has 0 aromatic heterocycles. The Labute approximate surface area is 97.9 Å². The maximum absolute atomic E-state index is 11.6. The number of amides is 1. The molecule has 1 saturated carbocycles. The summed E-state index contributed by atoms with van der Waals surface area (Å²) in [6, 6.07) is 0.0928. The molecular formula is C12H24N2O2. The molecule has 0 aromatic rings. The molecule has 0 aromatic carbocycles. The summed E-state index contributed by atoms with van der Waals surface area (Å²) < 4.78 is 5.73. The summed E-state index contributed by atoms with van der Waals surface area (Å²) in [6.07, 6.45) is 4.93. The van der Waals surface area contributed by atoms with Gasteiger partial charge in [0.05, 0.1) is 6.10 Å². The van der Waals surface area contributed by atoms with Crippen molar-refractivity contribution in [3.8, 4) is 0 Å². The third-order valence-electron chi connectivity index (χ3n) is 3.05. The van der Waals surface area contributed by atoms with Gasteiger partial charge in [-0.15, -0.1) is 0 Å². The van der Waals surface area contributed by atoms with E-state index >= 15 is 0 Å². The molecule has 0 radical (unpaired) electrons. The molecule has 0 aliphatic heterocycles. The highest BCUT2D eigenvalue weighted by molar-refractivity contribution is 5.80. The minimum Gasteiger partial charge on any atom is -0.364 e. The maximum atomic E-state index is 11.6. The topological polar surface area (TPSA) is 64.3 Å². The second-order valence-electron chi connectivity index (χ2n) is 4.56. The highest BCUT2D eigenvalue weighted by atomic mass is 16.5. The molecule has 0 spiro atoms. The Morgan fingerprint density at radius 1 is 1.50 bits per heavy atom. The van der Waals surface area contributed by atoms with Gasteiger partial charge in [-0.2, -0.15) is 0 Å². The normalized spacial score (nSPS) is 27.4. The summed E-state index contributed by atoms with van der Waals surface area (Å²) in [5, 5.41) is 2.83. The van der Waals surface area contributed by atoms with Crippen molar-refractivity contribution in [1.82, 2.24) is 5.32 Å². The first kappa shape index (κ1) is 13.5. The van der Waals surface area contributed by atoms with Crippen molar-refractivity contribution in [3.05, 3.63) is 0 Å². The van der Waals surface area contributed by atoms with Crippen LogP contribution in [0.5, 0.6) is 0 Å². The monoisotopic (exact) mass is 228 g/mol. The maximum Gasteiger partial charge on any atom is 0.248 e. The number of rotatable bonds is 5. The highest BCUT2D eigenvalue weighted by Crippen LogP contribution is 2.20. The Kier molecular flexibility index (Phi) is 5.77. The third-order valence-corrected chi connectivity index (χ3v) is 3.05. The van der Waals surface area contributed by atoms with E-state index in [0.29, 0.717) is 6.54 Å². The van der Waals surface area contributed by atoms with E-state index in [9.17, 15) is 4.79 Å². The molecule has 94 valence electrons. The molecule has 3 unspecified atom stereocenters. The van der Waals surface area contributed by atoms with Crippen molar-refractivity contribution in [2.75, 3.05) is 6.54 Å². The fraction of sp³-hybridized carbons (Fsp3) is 0.917. The lowest BCUT2D eigenvalue weighted by molar-refractivity contribution is -0.137. The molecule has 1 aliphatic carbocycles. The molecule has 1 amide bonds. The van der Waals surface area contributed by atoms with Crippen LogP contribution < -0.4 is 11.1 Å². The van der Waals surface area contributed by atoms with E-state index < -0.39 is 0 Å². The van der Waals surface area contributed by atoms with E-state index in [0.717, 1.165) is 25.7 Å². The Balaban J connectivity index is 2.31. The van der Waals surface area contributed by atoms with Crippen LogP contribution in [0.4, 0.5) is 0 Å². The average molecular weight is 228 g/mol. The lowest BCUT2D eigenvalue weighted by Crippen LogP contribution is -2.44. The van der Waals surface area contributed by atoms with Gasteiger partial charge in [-0.3, -0.25) is 4.79 Å². The first-order valence-corrected chi connectivity index (χ1v) is 6.34. The zero-order valence-corrected chi connectivity index (χ0v) is 10.4. The van der Waals surface area contributed by atoms with Crippen LogP contribution in [-0.4, -0.2) is 30.7 Å². The predicted molar refractivity (Wildman–Crippen MR) is 64.1 cm³/mol. The van der Waals surface area contributed by atoms with Gasteiger partial charge in [-0.05, 0) is 26.2 Å². The number of hydrogen-bond donors (Lipinski definition) is 2. The third kappa shape index (κ3) is 4.10. The van der Waals surface area contributed by atoms with Gasteiger partial charge < -0.3 is 15.8 Å². The van der Waals surface area contributed by atoms with Gasteiger partial charge in [0, 0.05) is 12.6 Å². The number of carbonyl (C=O) groups excluding carboxylic acids is 1. The van der Waals surface area contributed by atoms with Crippen LogP contribution in [-0.2, 0) is 9.53 Å². The van der Waals surface area contributed by atoms with Crippen molar-refractivity contribution in [1.29, 1.82) is 0 Å². The lowest BCUT2D eigenvalue weighted by atomic mass is 9.93. The quantitative estimate of drug-likeness (QED) is 0.743. The van der Waals surface area contributed by atoms with Gasteiger partial charge in [0.25, 0.3) is 0 Å². The Hall–Kier alpha value is -0.610. The summed E-state index contributed by atoms with van der Waals surface area (Å²) in [6.45, 7) is 4.54. The Morgan fingerprint density at radius 2 is 2.19 bits per heavy atom. The van der Waals surface area contributed by atoms with Gasteiger partial charge in [-0.1, -0.05) is 19.8 Å². The first-order chi connectivity index (χ1) is 7.65. The molecule has 3 N–H and O–H groups in total. The predicted octanol–water partition coefficient (Wildman–Crippen LogP) is 1.19. The SMILES string of the molecule is CCCNC(=O)C(C)OC1CCCCC1N. The largest absolute Gasteiger partial charge is 0.364 e. The number of nitrogens with two attached hydrogens (primary N) is 1. The molecule has 1 fully saturated rings. The van der Waals surface area contributed by atoms with Crippen LogP contribution in [0, 0.1) is 0 Å². The molecule has 0 bridgehead atoms. The standard InChI is InChI=1S/C12H24N2O2/c1-3-8-14-12(15)9(2)16-11-7-5-4-6-10(11)13/h9-11H,3-8,13H2,1-2H3,(H,14,15). The van der Waals surface area contributed by atoms with E-state index in [4.69, 9.17) is 10.5 Å². The van der Waals surface area contributed by atoms with Crippen molar-refractivity contribution >= 4 is 5.91 Å². The van der Waals surface area contributed by atoms with Crippen LogP contribution in [0.15, 0.2) is 0 Å². The number of hydrogen-bond acceptors (Lipinski definition) is 3. The molecule has 4 nitrogen and oxygen atoms in total. The van der Waals surface area contributed by atoms with Crippen LogP contribution in [0.1, 0.15) is 46.0 Å². The average Bonchev–Trinajstić information content (AvgIpc) is 2.28. The minimum atomic E-state index is -0.388. The summed E-state index contributed by atoms with van der Waals surface area (Å²) in [7, 11) is 0. The van der Waals surface area contributed by atoms with Gasteiger partial charge in [0.15, 0.2) is 0 Å². The van der Waals surface area contributed by atoms with E-state index in [1.165, 1.54) is 6.42 Å². The van der Waals surface area contributed by atoms with E-state index in [-0.39, 0.29) is 24.2 Å². The Bertz CT molecular complexity index is 221. The Morgan fingerprint density at radius 3 is 2.81 bits per heavy atom. The minimum absolute atomic E-state index is 0.0281. The first-order valence-electron chi connectivity index (χ1n) is 6.34. The van der Waals surface area contributed by atoms with E-state index in [1.54, 1.807) is 6.92 Å². The molecule has 0 heterocycles. The van der Waals surface area contributed by atoms with Crippen molar-refractivity contribution in [2.45, 2.75) is 64.2 Å². The molecule has 16 heavy (non-hydrogen) atoms. The summed E-state index contributed by atoms with van der Waals surface area (Å²) in [4.78, 5) is 11.6. The van der Waals surface area contributed by atoms with Gasteiger partial charge in [-0.25, -0.2) is 0 Å². The molecule has 1 aliphatic rings. The highest BCUT2D eigenvalue weighted by Gasteiger charge is 2.26. The van der Waals surface area contributed by atoms with E-state index in [1.807, 2.05) is 6.92 Å². The van der Waals surface area contributed by atoms with Gasteiger partial charge >= 0.3 is 0 Å². The van der Waals surface area contributed by atoms with Crippen LogP contribution in [0.25, 0.3) is 0 Å². The fourth-order valence-electron chi connectivity index (χ4n) is 2.01. The number of carbonyl (C=O) groups is 1. The van der Waals surface area contributed by atoms with Gasteiger partial charge in [0.2, 0.25) is 5.91 Å². The fourth-order valence-corrected chi connectivity index (χ4v) is 2.01. The molecule has 4 heteroatoms. The number of ether oxygens (including phenoxy) is 1. The number of nitrogens with one attached hydrogen (secondary N) is 1. The van der Waals surface area contributed by atoms with Crippen molar-refractivity contribution < 1.29 is 9.53 Å². The molecule has 1 rings (SSSR count). The second kappa shape index (κ2) is 6.86. The van der Waals surface area contributed by atoms with Crippen LogP contribution in [0.3, 0.4) is 0 Å². The molecule has 0 saturated heterocycles. The molecule has 3 atom stereocenters.